The molecule has 3 N–H and O–H groups in total. The van der Waals surface area contributed by atoms with E-state index >= 15 is 0 Å². The van der Waals surface area contributed by atoms with Gasteiger partial charge in [0.05, 0.1) is 30.8 Å². The lowest BCUT2D eigenvalue weighted by Gasteiger charge is -2.41. The van der Waals surface area contributed by atoms with Crippen molar-refractivity contribution in [2.24, 2.45) is 11.8 Å². The molecule has 8 heteroatoms. The van der Waals surface area contributed by atoms with E-state index in [0.717, 1.165) is 49.9 Å². The highest BCUT2D eigenvalue weighted by molar-refractivity contribution is 5.93. The number of nitrogens with zero attached hydrogens (tertiary/aromatic N) is 2. The van der Waals surface area contributed by atoms with Crippen LogP contribution in [0.5, 0.6) is 0 Å². The molecule has 0 spiro atoms. The normalized spacial score (nSPS) is 26.2. The second kappa shape index (κ2) is 10.6. The number of likely N-dealkylation sites (tertiary alicyclic amines) is 1. The third kappa shape index (κ3) is 4.58. The van der Waals surface area contributed by atoms with Gasteiger partial charge < -0.3 is 25.3 Å². The van der Waals surface area contributed by atoms with Crippen LogP contribution >= 0.6 is 0 Å². The summed E-state index contributed by atoms with van der Waals surface area (Å²) in [7, 11) is 1.73. The van der Waals surface area contributed by atoms with Crippen LogP contribution < -0.4 is 10.6 Å². The minimum absolute atomic E-state index is 0.0272. The second-order valence-corrected chi connectivity index (χ2v) is 10.7. The number of ether oxygens (including phenoxy) is 1. The Hall–Kier alpha value is -3.65. The number of rotatable bonds is 6. The minimum atomic E-state index is -0.231. The van der Waals surface area contributed by atoms with Gasteiger partial charge in [0, 0.05) is 36.9 Å². The molecule has 0 bridgehead atoms. The number of anilines is 1. The Kier molecular flexibility index (Phi) is 6.89. The van der Waals surface area contributed by atoms with Gasteiger partial charge in [-0.1, -0.05) is 61.4 Å². The maximum Gasteiger partial charge on any atom is 0.269 e. The molecule has 6 rings (SSSR count). The molecule has 2 fully saturated rings. The Morgan fingerprint density at radius 2 is 1.84 bits per heavy atom. The maximum atomic E-state index is 14.1. The molecule has 1 aliphatic carbocycles. The summed E-state index contributed by atoms with van der Waals surface area (Å²) in [5.41, 5.74) is 3.60. The molecule has 0 unspecified atom stereocenters. The molecule has 1 aromatic heterocycles. The zero-order valence-electron chi connectivity index (χ0n) is 21.7. The predicted octanol–water partition coefficient (Wildman–Crippen LogP) is 4.40. The number of methoxy groups -OCH3 is 1. The first-order chi connectivity index (χ1) is 18.6. The molecule has 2 amide bonds. The molecule has 38 heavy (non-hydrogen) atoms. The highest BCUT2D eigenvalue weighted by Gasteiger charge is 2.48. The Morgan fingerprint density at radius 3 is 2.68 bits per heavy atom. The molecular weight excluding hydrogens is 478 g/mol. The largest absolute Gasteiger partial charge is 0.383 e. The van der Waals surface area contributed by atoms with Crippen LogP contribution in [0.3, 0.4) is 0 Å². The van der Waals surface area contributed by atoms with Gasteiger partial charge in [-0.05, 0) is 30.9 Å². The van der Waals surface area contributed by atoms with Crippen molar-refractivity contribution in [2.45, 2.75) is 50.2 Å². The highest BCUT2D eigenvalue weighted by atomic mass is 16.5. The number of H-pyrrole nitrogens is 1. The minimum Gasteiger partial charge on any atom is -0.383 e. The van der Waals surface area contributed by atoms with Crippen molar-refractivity contribution >= 4 is 17.5 Å². The summed E-state index contributed by atoms with van der Waals surface area (Å²) in [6, 6.07) is 18.0. The summed E-state index contributed by atoms with van der Waals surface area (Å²) < 4.78 is 5.53. The number of aromatic amines is 1. The van der Waals surface area contributed by atoms with E-state index in [0.29, 0.717) is 24.0 Å². The van der Waals surface area contributed by atoms with Crippen LogP contribution in [0.2, 0.25) is 0 Å². The lowest BCUT2D eigenvalue weighted by molar-refractivity contribution is -0.139. The Bertz CT molecular complexity index is 1290. The number of hydrogen-bond acceptors (Lipinski definition) is 5. The van der Waals surface area contributed by atoms with Gasteiger partial charge in [-0.2, -0.15) is 0 Å². The van der Waals surface area contributed by atoms with E-state index in [-0.39, 0.29) is 35.9 Å². The summed E-state index contributed by atoms with van der Waals surface area (Å²) in [5, 5.41) is 6.83. The van der Waals surface area contributed by atoms with Crippen LogP contribution in [0.15, 0.2) is 60.8 Å². The number of aromatic nitrogens is 2. The number of benzene rings is 2. The number of carbonyl (C=O) groups is 2. The molecule has 0 radical (unpaired) electrons. The van der Waals surface area contributed by atoms with E-state index in [1.807, 2.05) is 42.5 Å². The SMILES string of the molecule is COC[C@@H]1Nc2ccccc2[C@H]2[C@@H]1CCN2C(=O)[C@H]1CCCC[C@H]1NC(=O)c1cnc(-c2ccccc2)[nH]1. The van der Waals surface area contributed by atoms with Gasteiger partial charge in [-0.3, -0.25) is 9.59 Å². The van der Waals surface area contributed by atoms with Crippen molar-refractivity contribution in [3.05, 3.63) is 72.1 Å². The number of amides is 2. The van der Waals surface area contributed by atoms with Gasteiger partial charge in [-0.25, -0.2) is 4.98 Å². The summed E-state index contributed by atoms with van der Waals surface area (Å²) in [4.78, 5) is 37.0. The van der Waals surface area contributed by atoms with Gasteiger partial charge in [0.1, 0.15) is 11.5 Å². The summed E-state index contributed by atoms with van der Waals surface area (Å²) in [6.45, 7) is 1.33. The number of hydrogen-bond donors (Lipinski definition) is 3. The van der Waals surface area contributed by atoms with Crippen LogP contribution in [0, 0.1) is 11.8 Å². The van der Waals surface area contributed by atoms with E-state index in [1.165, 1.54) is 5.56 Å². The molecule has 2 aromatic carbocycles. The Morgan fingerprint density at radius 1 is 1.05 bits per heavy atom. The quantitative estimate of drug-likeness (QED) is 0.454. The Balaban J connectivity index is 1.20. The smallest absolute Gasteiger partial charge is 0.269 e. The van der Waals surface area contributed by atoms with Crippen molar-refractivity contribution in [1.82, 2.24) is 20.2 Å². The van der Waals surface area contributed by atoms with Gasteiger partial charge in [0.25, 0.3) is 5.91 Å². The third-order valence-electron chi connectivity index (χ3n) is 8.48. The number of carbonyl (C=O) groups excluding carboxylic acids is 2. The standard InChI is InChI=1S/C30H35N5O3/c1-38-18-26-21-15-16-35(27(21)20-11-5-7-13-23(20)32-26)30(37)22-12-6-8-14-24(22)34-29(36)25-17-31-28(33-25)19-9-3-2-4-10-19/h2-5,7,9-11,13,17,21-22,24,26-27,32H,6,8,12,14-16,18H2,1H3,(H,31,33)(H,34,36)/t21-,22+,24-,26+,27+/m1/s1. The average Bonchev–Trinajstić information content (AvgIpc) is 3.63. The third-order valence-corrected chi connectivity index (χ3v) is 8.48. The van der Waals surface area contributed by atoms with E-state index in [2.05, 4.69) is 37.6 Å². The molecular formula is C30H35N5O3. The first-order valence-corrected chi connectivity index (χ1v) is 13.7. The molecule has 8 nitrogen and oxygen atoms in total. The fraction of sp³-hybridized carbons (Fsp3) is 0.433. The summed E-state index contributed by atoms with van der Waals surface area (Å²) in [5.74, 6) is 0.670. The Labute approximate surface area is 223 Å². The van der Waals surface area contributed by atoms with E-state index < -0.39 is 0 Å². The zero-order chi connectivity index (χ0) is 26.1. The summed E-state index contributed by atoms with van der Waals surface area (Å²) in [6.07, 6.45) is 6.10. The van der Waals surface area contributed by atoms with Crippen LogP contribution in [0.25, 0.3) is 11.4 Å². The van der Waals surface area contributed by atoms with Gasteiger partial charge in [-0.15, -0.1) is 0 Å². The van der Waals surface area contributed by atoms with Crippen LogP contribution in [-0.4, -0.2) is 59.0 Å². The molecule has 3 aliphatic rings. The molecule has 3 heterocycles. The van der Waals surface area contributed by atoms with Crippen molar-refractivity contribution in [2.75, 3.05) is 25.6 Å². The molecule has 3 aromatic rings. The number of fused-ring (bicyclic) bond motifs is 3. The topological polar surface area (TPSA) is 99.3 Å². The monoisotopic (exact) mass is 513 g/mol. The first kappa shape index (κ1) is 24.7. The average molecular weight is 514 g/mol. The molecule has 5 atom stereocenters. The van der Waals surface area contributed by atoms with Crippen LogP contribution in [0.4, 0.5) is 5.69 Å². The fourth-order valence-corrected chi connectivity index (χ4v) is 6.66. The molecule has 198 valence electrons. The van der Waals surface area contributed by atoms with E-state index in [9.17, 15) is 9.59 Å². The van der Waals surface area contributed by atoms with Gasteiger partial charge >= 0.3 is 0 Å². The second-order valence-electron chi connectivity index (χ2n) is 10.7. The first-order valence-electron chi connectivity index (χ1n) is 13.7. The van der Waals surface area contributed by atoms with E-state index in [4.69, 9.17) is 4.74 Å². The van der Waals surface area contributed by atoms with Crippen molar-refractivity contribution in [1.29, 1.82) is 0 Å². The summed E-state index contributed by atoms with van der Waals surface area (Å²) >= 11 is 0. The predicted molar refractivity (Wildman–Crippen MR) is 146 cm³/mol. The van der Waals surface area contributed by atoms with Gasteiger partial charge in [0.15, 0.2) is 0 Å². The molecule has 1 saturated carbocycles. The molecule has 1 saturated heterocycles. The highest BCUT2D eigenvalue weighted by Crippen LogP contribution is 2.47. The zero-order valence-corrected chi connectivity index (χ0v) is 21.7. The van der Waals surface area contributed by atoms with Crippen molar-refractivity contribution < 1.29 is 14.3 Å². The van der Waals surface area contributed by atoms with Gasteiger partial charge in [0.2, 0.25) is 5.91 Å². The lowest BCUT2D eigenvalue weighted by Crippen LogP contribution is -2.50. The molecule has 2 aliphatic heterocycles. The number of nitrogens with one attached hydrogen (secondary N) is 3. The number of imidazole rings is 1. The fourth-order valence-electron chi connectivity index (χ4n) is 6.66. The van der Waals surface area contributed by atoms with Crippen molar-refractivity contribution in [3.8, 4) is 11.4 Å². The van der Waals surface area contributed by atoms with Crippen LogP contribution in [0.1, 0.15) is 54.2 Å². The van der Waals surface area contributed by atoms with E-state index in [1.54, 1.807) is 13.3 Å². The lowest BCUT2D eigenvalue weighted by atomic mass is 9.81. The van der Waals surface area contributed by atoms with Crippen LogP contribution in [-0.2, 0) is 9.53 Å². The number of para-hydroxylation sites is 1. The van der Waals surface area contributed by atoms with Crippen molar-refractivity contribution in [3.63, 3.8) is 0 Å². The maximum absolute atomic E-state index is 14.1.